The zero-order valence-electron chi connectivity index (χ0n) is 10.8. The van der Waals surface area contributed by atoms with Crippen LogP contribution >= 0.6 is 23.1 Å². The number of rotatable bonds is 4. The van der Waals surface area contributed by atoms with Crippen LogP contribution in [0.3, 0.4) is 0 Å². The molecule has 0 spiro atoms. The molecule has 0 aliphatic carbocycles. The van der Waals surface area contributed by atoms with Crippen LogP contribution in [0, 0.1) is 20.8 Å². The molecule has 1 aromatic carbocycles. The Morgan fingerprint density at radius 3 is 2.44 bits per heavy atom. The highest BCUT2D eigenvalue weighted by molar-refractivity contribution is 8.01. The maximum Gasteiger partial charge on any atom is 0.173 e. The van der Waals surface area contributed by atoms with Gasteiger partial charge in [0.1, 0.15) is 0 Å². The molecule has 0 aliphatic rings. The van der Waals surface area contributed by atoms with Gasteiger partial charge < -0.3 is 0 Å². The Labute approximate surface area is 116 Å². The minimum Gasteiger partial charge on any atom is -0.293 e. The quantitative estimate of drug-likeness (QED) is 0.597. The second-order valence-electron chi connectivity index (χ2n) is 4.42. The molecule has 2 aromatic rings. The van der Waals surface area contributed by atoms with E-state index >= 15 is 0 Å². The van der Waals surface area contributed by atoms with Gasteiger partial charge in [0, 0.05) is 5.56 Å². The van der Waals surface area contributed by atoms with E-state index in [9.17, 15) is 4.79 Å². The van der Waals surface area contributed by atoms with Crippen LogP contribution in [0.4, 0.5) is 0 Å². The number of aryl methyl sites for hydroxylation is 3. The van der Waals surface area contributed by atoms with Crippen LogP contribution in [-0.2, 0) is 0 Å². The van der Waals surface area contributed by atoms with Gasteiger partial charge in [0.2, 0.25) is 0 Å². The van der Waals surface area contributed by atoms with Crippen molar-refractivity contribution in [2.45, 2.75) is 25.0 Å². The van der Waals surface area contributed by atoms with Crippen molar-refractivity contribution in [2.24, 2.45) is 0 Å². The number of hydrogen-bond acceptors (Lipinski definition) is 3. The molecule has 1 aromatic heterocycles. The van der Waals surface area contributed by atoms with Crippen molar-refractivity contribution in [3.63, 3.8) is 0 Å². The summed E-state index contributed by atoms with van der Waals surface area (Å²) in [5, 5.41) is 2.04. The van der Waals surface area contributed by atoms with Gasteiger partial charge in [-0.15, -0.1) is 23.1 Å². The van der Waals surface area contributed by atoms with Crippen molar-refractivity contribution in [1.29, 1.82) is 0 Å². The van der Waals surface area contributed by atoms with Crippen LogP contribution in [0.15, 0.2) is 33.9 Å². The molecular formula is C15H16OS2. The smallest absolute Gasteiger partial charge is 0.173 e. The summed E-state index contributed by atoms with van der Waals surface area (Å²) in [7, 11) is 0. The highest BCUT2D eigenvalue weighted by atomic mass is 32.2. The van der Waals surface area contributed by atoms with Crippen molar-refractivity contribution in [2.75, 3.05) is 5.75 Å². The lowest BCUT2D eigenvalue weighted by atomic mass is 9.97. The molecule has 2 rings (SSSR count). The highest BCUT2D eigenvalue weighted by Gasteiger charge is 2.13. The zero-order valence-corrected chi connectivity index (χ0v) is 12.5. The summed E-state index contributed by atoms with van der Waals surface area (Å²) < 4.78 is 1.20. The third kappa shape index (κ3) is 3.03. The van der Waals surface area contributed by atoms with Crippen LogP contribution in [0.25, 0.3) is 0 Å². The summed E-state index contributed by atoms with van der Waals surface area (Å²) in [5.74, 6) is 0.744. The Kier molecular flexibility index (Phi) is 4.25. The molecule has 0 saturated carbocycles. The third-order valence-corrected chi connectivity index (χ3v) is 4.93. The maximum atomic E-state index is 12.3. The van der Waals surface area contributed by atoms with Gasteiger partial charge in [0.25, 0.3) is 0 Å². The predicted molar refractivity (Wildman–Crippen MR) is 80.0 cm³/mol. The number of thiophene rings is 1. The SMILES string of the molecule is Cc1cc(C)c(C(=O)CSc2cccs2)c(C)c1. The van der Waals surface area contributed by atoms with Gasteiger partial charge in [-0.05, 0) is 43.3 Å². The van der Waals surface area contributed by atoms with Crippen molar-refractivity contribution in [3.05, 3.63) is 51.9 Å². The fourth-order valence-corrected chi connectivity index (χ4v) is 3.83. The monoisotopic (exact) mass is 276 g/mol. The molecule has 94 valence electrons. The van der Waals surface area contributed by atoms with Gasteiger partial charge in [-0.2, -0.15) is 0 Å². The minimum atomic E-state index is 0.225. The normalized spacial score (nSPS) is 10.6. The van der Waals surface area contributed by atoms with E-state index in [1.807, 2.05) is 25.3 Å². The Morgan fingerprint density at radius 2 is 1.89 bits per heavy atom. The first-order valence-electron chi connectivity index (χ1n) is 5.85. The summed E-state index contributed by atoms with van der Waals surface area (Å²) >= 11 is 3.30. The second-order valence-corrected chi connectivity index (χ2v) is 6.64. The van der Waals surface area contributed by atoms with Crippen LogP contribution in [0.2, 0.25) is 0 Å². The highest BCUT2D eigenvalue weighted by Crippen LogP contribution is 2.25. The second kappa shape index (κ2) is 5.72. The van der Waals surface area contributed by atoms with E-state index in [1.165, 1.54) is 9.77 Å². The molecular weight excluding hydrogens is 260 g/mol. The van der Waals surface area contributed by atoms with Gasteiger partial charge in [-0.1, -0.05) is 23.8 Å². The molecule has 0 amide bonds. The van der Waals surface area contributed by atoms with Gasteiger partial charge >= 0.3 is 0 Å². The predicted octanol–water partition coefficient (Wildman–Crippen LogP) is 4.65. The van der Waals surface area contributed by atoms with Gasteiger partial charge in [-0.25, -0.2) is 0 Å². The topological polar surface area (TPSA) is 17.1 Å². The summed E-state index contributed by atoms with van der Waals surface area (Å²) in [6, 6.07) is 8.23. The molecule has 1 heterocycles. The van der Waals surface area contributed by atoms with Crippen molar-refractivity contribution in [3.8, 4) is 0 Å². The van der Waals surface area contributed by atoms with E-state index in [0.717, 1.165) is 16.7 Å². The molecule has 0 saturated heterocycles. The molecule has 18 heavy (non-hydrogen) atoms. The first-order valence-corrected chi connectivity index (χ1v) is 7.72. The van der Waals surface area contributed by atoms with Crippen LogP contribution in [0.1, 0.15) is 27.0 Å². The average Bonchev–Trinajstić information content (AvgIpc) is 2.77. The molecule has 0 fully saturated rings. The van der Waals surface area contributed by atoms with E-state index in [-0.39, 0.29) is 5.78 Å². The fourth-order valence-electron chi connectivity index (χ4n) is 2.17. The van der Waals surface area contributed by atoms with E-state index in [0.29, 0.717) is 5.75 Å². The molecule has 0 atom stereocenters. The third-order valence-electron chi connectivity index (χ3n) is 2.80. The molecule has 1 nitrogen and oxygen atoms in total. The number of benzene rings is 1. The first-order chi connectivity index (χ1) is 8.58. The number of hydrogen-bond donors (Lipinski definition) is 0. The summed E-state index contributed by atoms with van der Waals surface area (Å²) in [4.78, 5) is 12.3. The number of thioether (sulfide) groups is 1. The summed E-state index contributed by atoms with van der Waals surface area (Å²) in [6.45, 7) is 6.10. The molecule has 0 radical (unpaired) electrons. The van der Waals surface area contributed by atoms with Gasteiger partial charge in [0.15, 0.2) is 5.78 Å². The lowest BCUT2D eigenvalue weighted by molar-refractivity contribution is 0.102. The minimum absolute atomic E-state index is 0.225. The molecule has 0 unspecified atom stereocenters. The number of Topliss-reactive ketones (excluding diaryl/α,β-unsaturated/α-hetero) is 1. The largest absolute Gasteiger partial charge is 0.293 e. The van der Waals surface area contributed by atoms with Crippen molar-refractivity contribution in [1.82, 2.24) is 0 Å². The Morgan fingerprint density at radius 1 is 1.22 bits per heavy atom. The maximum absolute atomic E-state index is 12.3. The van der Waals surface area contributed by atoms with Crippen LogP contribution in [-0.4, -0.2) is 11.5 Å². The van der Waals surface area contributed by atoms with Gasteiger partial charge in [-0.3, -0.25) is 4.79 Å². The molecule has 0 bridgehead atoms. The van der Waals surface area contributed by atoms with Crippen molar-refractivity contribution < 1.29 is 4.79 Å². The Bertz CT molecular complexity index is 533. The average molecular weight is 276 g/mol. The lowest BCUT2D eigenvalue weighted by Crippen LogP contribution is -2.07. The zero-order chi connectivity index (χ0) is 13.1. The number of carbonyl (C=O) groups is 1. The number of carbonyl (C=O) groups excluding carboxylic acids is 1. The molecule has 3 heteroatoms. The standard InChI is InChI=1S/C15H16OS2/c1-10-7-11(2)15(12(3)8-10)13(16)9-18-14-5-4-6-17-14/h4-8H,9H2,1-3H3. The Balaban J connectivity index is 2.14. The van der Waals surface area contributed by atoms with E-state index in [4.69, 9.17) is 0 Å². The lowest BCUT2D eigenvalue weighted by Gasteiger charge is -2.09. The first kappa shape index (κ1) is 13.4. The van der Waals surface area contributed by atoms with Crippen molar-refractivity contribution >= 4 is 28.9 Å². The van der Waals surface area contributed by atoms with E-state index < -0.39 is 0 Å². The molecule has 0 N–H and O–H groups in total. The van der Waals surface area contributed by atoms with E-state index in [2.05, 4.69) is 25.1 Å². The Hall–Kier alpha value is -1.06. The summed E-state index contributed by atoms with van der Waals surface area (Å²) in [5.41, 5.74) is 4.28. The fraction of sp³-hybridized carbons (Fsp3) is 0.267. The molecule has 0 aliphatic heterocycles. The van der Waals surface area contributed by atoms with Gasteiger partial charge in [0.05, 0.1) is 9.96 Å². The summed E-state index contributed by atoms with van der Waals surface area (Å²) in [6.07, 6.45) is 0. The van der Waals surface area contributed by atoms with Crippen LogP contribution in [0.5, 0.6) is 0 Å². The van der Waals surface area contributed by atoms with Crippen LogP contribution < -0.4 is 0 Å². The van der Waals surface area contributed by atoms with E-state index in [1.54, 1.807) is 23.1 Å². The number of ketones is 1.